The summed E-state index contributed by atoms with van der Waals surface area (Å²) < 4.78 is 2.09. The van der Waals surface area contributed by atoms with Gasteiger partial charge in [-0.3, -0.25) is 4.79 Å². The Balaban J connectivity index is 1.35. The number of anilines is 1. The fourth-order valence-electron chi connectivity index (χ4n) is 4.02. The number of imidazole rings is 1. The van der Waals surface area contributed by atoms with Crippen molar-refractivity contribution < 1.29 is 4.79 Å². The number of carbonyl (C=O) groups excluding carboxylic acids is 1. The molecule has 0 aliphatic carbocycles. The summed E-state index contributed by atoms with van der Waals surface area (Å²) in [5, 5.41) is 3.12. The monoisotopic (exact) mass is 402 g/mol. The summed E-state index contributed by atoms with van der Waals surface area (Å²) in [5.74, 6) is 0.935. The molecule has 3 aromatic rings. The van der Waals surface area contributed by atoms with Crippen LogP contribution in [0.1, 0.15) is 59.5 Å². The van der Waals surface area contributed by atoms with Crippen LogP contribution in [0.15, 0.2) is 60.9 Å². The highest BCUT2D eigenvalue weighted by atomic mass is 16.1. The number of benzene rings is 2. The second kappa shape index (κ2) is 9.16. The fourth-order valence-corrected chi connectivity index (χ4v) is 4.02. The number of hydrogen-bond acceptors (Lipinski definition) is 3. The van der Waals surface area contributed by atoms with E-state index in [0.29, 0.717) is 5.56 Å². The van der Waals surface area contributed by atoms with Crippen molar-refractivity contribution in [1.82, 2.24) is 14.9 Å². The van der Waals surface area contributed by atoms with Crippen LogP contribution in [0, 0.1) is 6.92 Å². The number of carbonyl (C=O) groups is 1. The maximum absolute atomic E-state index is 12.7. The van der Waals surface area contributed by atoms with Gasteiger partial charge in [0, 0.05) is 43.3 Å². The summed E-state index contributed by atoms with van der Waals surface area (Å²) in [5.41, 5.74) is 4.23. The van der Waals surface area contributed by atoms with Gasteiger partial charge in [-0.2, -0.15) is 0 Å². The lowest BCUT2D eigenvalue weighted by Gasteiger charge is -2.29. The van der Waals surface area contributed by atoms with Gasteiger partial charge in [-0.05, 0) is 68.5 Å². The minimum Gasteiger partial charge on any atom is -0.372 e. The summed E-state index contributed by atoms with van der Waals surface area (Å²) in [6, 6.07) is 16.4. The van der Waals surface area contributed by atoms with Crippen LogP contribution in [0.2, 0.25) is 0 Å². The van der Waals surface area contributed by atoms with Crippen LogP contribution in [-0.4, -0.2) is 28.5 Å². The third-order valence-electron chi connectivity index (χ3n) is 5.95. The molecule has 0 unspecified atom stereocenters. The van der Waals surface area contributed by atoms with E-state index in [1.165, 1.54) is 24.9 Å². The van der Waals surface area contributed by atoms with E-state index in [-0.39, 0.29) is 11.9 Å². The third-order valence-corrected chi connectivity index (χ3v) is 5.95. The molecule has 156 valence electrons. The zero-order chi connectivity index (χ0) is 20.9. The predicted molar refractivity (Wildman–Crippen MR) is 121 cm³/mol. The topological polar surface area (TPSA) is 50.2 Å². The van der Waals surface area contributed by atoms with E-state index in [0.717, 1.165) is 36.6 Å². The van der Waals surface area contributed by atoms with Crippen LogP contribution in [0.3, 0.4) is 0 Å². The summed E-state index contributed by atoms with van der Waals surface area (Å²) in [7, 11) is 0. The van der Waals surface area contributed by atoms with Crippen molar-refractivity contribution in [3.05, 3.63) is 83.4 Å². The highest BCUT2D eigenvalue weighted by Crippen LogP contribution is 2.22. The Bertz CT molecular complexity index is 969. The molecule has 1 aliphatic rings. The van der Waals surface area contributed by atoms with Crippen molar-refractivity contribution in [1.29, 1.82) is 0 Å². The van der Waals surface area contributed by atoms with Crippen molar-refractivity contribution in [2.75, 3.05) is 18.0 Å². The number of amides is 1. The molecule has 1 aliphatic heterocycles. The van der Waals surface area contributed by atoms with Gasteiger partial charge in [0.05, 0.1) is 6.04 Å². The van der Waals surface area contributed by atoms with Crippen LogP contribution < -0.4 is 10.2 Å². The number of aromatic nitrogens is 2. The second-order valence-electron chi connectivity index (χ2n) is 8.13. The number of rotatable bonds is 6. The Hall–Kier alpha value is -3.08. The first-order chi connectivity index (χ1) is 14.6. The maximum Gasteiger partial charge on any atom is 0.251 e. The molecule has 5 nitrogen and oxygen atoms in total. The summed E-state index contributed by atoms with van der Waals surface area (Å²) in [6.45, 7) is 7.06. The summed E-state index contributed by atoms with van der Waals surface area (Å²) in [6.07, 6.45) is 7.65. The van der Waals surface area contributed by atoms with Gasteiger partial charge in [0.1, 0.15) is 5.82 Å². The van der Waals surface area contributed by atoms with Gasteiger partial charge in [0.2, 0.25) is 0 Å². The van der Waals surface area contributed by atoms with E-state index in [1.54, 1.807) is 6.20 Å². The zero-order valence-electron chi connectivity index (χ0n) is 17.8. The lowest BCUT2D eigenvalue weighted by atomic mass is 10.1. The molecule has 0 spiro atoms. The van der Waals surface area contributed by atoms with E-state index < -0.39 is 0 Å². The molecule has 4 rings (SSSR count). The minimum absolute atomic E-state index is 0.0406. The molecule has 2 aromatic carbocycles. The second-order valence-corrected chi connectivity index (χ2v) is 8.13. The molecule has 5 heteroatoms. The highest BCUT2D eigenvalue weighted by Gasteiger charge is 2.14. The third kappa shape index (κ3) is 4.73. The quantitative estimate of drug-likeness (QED) is 0.649. The fraction of sp³-hybridized carbons (Fsp3) is 0.360. The van der Waals surface area contributed by atoms with Crippen LogP contribution in [0.4, 0.5) is 5.69 Å². The average Bonchev–Trinajstić information content (AvgIpc) is 3.19. The first-order valence-corrected chi connectivity index (χ1v) is 10.8. The van der Waals surface area contributed by atoms with Gasteiger partial charge in [0.25, 0.3) is 5.91 Å². The van der Waals surface area contributed by atoms with E-state index >= 15 is 0 Å². The Morgan fingerprint density at radius 1 is 1.03 bits per heavy atom. The molecule has 1 atom stereocenters. The van der Waals surface area contributed by atoms with E-state index in [1.807, 2.05) is 44.3 Å². The maximum atomic E-state index is 12.7. The standard InChI is InChI=1S/C25H30N4O/c1-19(22-10-12-24(13-11-22)28-15-4-3-5-16-28)27-25(30)23-8-6-21(7-9-23)18-29-17-14-26-20(29)2/h6-14,17,19H,3-5,15-16,18H2,1-2H3,(H,27,30)/t19-/m1/s1. The van der Waals surface area contributed by atoms with Crippen LogP contribution in [0.25, 0.3) is 0 Å². The number of hydrogen-bond donors (Lipinski definition) is 1. The van der Waals surface area contributed by atoms with Crippen LogP contribution in [0.5, 0.6) is 0 Å². The number of piperidine rings is 1. The molecule has 2 heterocycles. The molecule has 0 radical (unpaired) electrons. The summed E-state index contributed by atoms with van der Waals surface area (Å²) >= 11 is 0. The minimum atomic E-state index is -0.0482. The largest absolute Gasteiger partial charge is 0.372 e. The van der Waals surface area contributed by atoms with Gasteiger partial charge in [-0.1, -0.05) is 24.3 Å². The molecule has 0 bridgehead atoms. The van der Waals surface area contributed by atoms with E-state index in [2.05, 4.69) is 44.0 Å². The molecule has 1 aromatic heterocycles. The Morgan fingerprint density at radius 3 is 2.37 bits per heavy atom. The molecular weight excluding hydrogens is 372 g/mol. The van der Waals surface area contributed by atoms with Gasteiger partial charge in [0.15, 0.2) is 0 Å². The smallest absolute Gasteiger partial charge is 0.251 e. The molecule has 30 heavy (non-hydrogen) atoms. The lowest BCUT2D eigenvalue weighted by Crippen LogP contribution is -2.29. The van der Waals surface area contributed by atoms with Crippen molar-refractivity contribution >= 4 is 11.6 Å². The van der Waals surface area contributed by atoms with Crippen molar-refractivity contribution in [3.63, 3.8) is 0 Å². The molecular formula is C25H30N4O. The SMILES string of the molecule is Cc1nccn1Cc1ccc(C(=O)N[C@H](C)c2ccc(N3CCCCC3)cc2)cc1. The van der Waals surface area contributed by atoms with Crippen LogP contribution >= 0.6 is 0 Å². The van der Waals surface area contributed by atoms with Gasteiger partial charge in [-0.15, -0.1) is 0 Å². The summed E-state index contributed by atoms with van der Waals surface area (Å²) in [4.78, 5) is 19.4. The number of aryl methyl sites for hydroxylation is 1. The Labute approximate surface area is 178 Å². The van der Waals surface area contributed by atoms with Crippen molar-refractivity contribution in [3.8, 4) is 0 Å². The first-order valence-electron chi connectivity index (χ1n) is 10.8. The van der Waals surface area contributed by atoms with Gasteiger partial charge < -0.3 is 14.8 Å². The molecule has 1 amide bonds. The predicted octanol–water partition coefficient (Wildman–Crippen LogP) is 4.72. The molecule has 1 saturated heterocycles. The first kappa shape index (κ1) is 20.2. The lowest BCUT2D eigenvalue weighted by molar-refractivity contribution is 0.0940. The van der Waals surface area contributed by atoms with Gasteiger partial charge in [-0.25, -0.2) is 4.98 Å². The number of nitrogens with one attached hydrogen (secondary N) is 1. The Morgan fingerprint density at radius 2 is 1.73 bits per heavy atom. The number of nitrogens with zero attached hydrogens (tertiary/aromatic N) is 3. The molecule has 1 N–H and O–H groups in total. The van der Waals surface area contributed by atoms with Gasteiger partial charge >= 0.3 is 0 Å². The van der Waals surface area contributed by atoms with Crippen molar-refractivity contribution in [2.45, 2.75) is 45.7 Å². The van der Waals surface area contributed by atoms with E-state index in [9.17, 15) is 4.79 Å². The normalized spacial score (nSPS) is 15.1. The Kier molecular flexibility index (Phi) is 6.17. The average molecular weight is 403 g/mol. The van der Waals surface area contributed by atoms with Crippen molar-refractivity contribution in [2.24, 2.45) is 0 Å². The van der Waals surface area contributed by atoms with E-state index in [4.69, 9.17) is 0 Å². The zero-order valence-corrected chi connectivity index (χ0v) is 17.8. The molecule has 0 saturated carbocycles. The highest BCUT2D eigenvalue weighted by molar-refractivity contribution is 5.94. The molecule has 1 fully saturated rings. The van der Waals surface area contributed by atoms with Crippen LogP contribution in [-0.2, 0) is 6.54 Å².